The van der Waals surface area contributed by atoms with E-state index in [9.17, 15) is 4.79 Å². The van der Waals surface area contributed by atoms with Crippen LogP contribution in [0.25, 0.3) is 0 Å². The number of rotatable bonds is 3. The van der Waals surface area contributed by atoms with Gasteiger partial charge in [-0.1, -0.05) is 11.6 Å². The lowest BCUT2D eigenvalue weighted by Crippen LogP contribution is -2.35. The van der Waals surface area contributed by atoms with E-state index in [2.05, 4.69) is 15.6 Å². The van der Waals surface area contributed by atoms with E-state index >= 15 is 0 Å². The molecule has 0 radical (unpaired) electrons. The number of carbonyl (C=O) groups excluding carboxylic acids is 1. The minimum Gasteiger partial charge on any atom is -0.399 e. The van der Waals surface area contributed by atoms with Gasteiger partial charge in [0.05, 0.1) is 0 Å². The van der Waals surface area contributed by atoms with Crippen LogP contribution in [0.4, 0.5) is 11.5 Å². The van der Waals surface area contributed by atoms with Crippen molar-refractivity contribution in [2.45, 2.75) is 13.0 Å². The summed E-state index contributed by atoms with van der Waals surface area (Å²) in [5.74, 6) is 0.353. The molecule has 1 rings (SSSR count). The molecule has 0 aromatic carbocycles. The second kappa shape index (κ2) is 4.84. The lowest BCUT2D eigenvalue weighted by Gasteiger charge is -2.13. The Labute approximate surface area is 93.0 Å². The average Bonchev–Trinajstić information content (AvgIpc) is 2.14. The van der Waals surface area contributed by atoms with Gasteiger partial charge in [-0.15, -0.1) is 0 Å². The van der Waals surface area contributed by atoms with E-state index in [1.807, 2.05) is 0 Å². The monoisotopic (exact) mass is 228 g/mol. The van der Waals surface area contributed by atoms with Crippen molar-refractivity contribution in [3.63, 3.8) is 0 Å². The molecule has 1 amide bonds. The van der Waals surface area contributed by atoms with Gasteiger partial charge in [-0.2, -0.15) is 0 Å². The maximum absolute atomic E-state index is 11.2. The summed E-state index contributed by atoms with van der Waals surface area (Å²) in [5.41, 5.74) is 6.08. The van der Waals surface area contributed by atoms with Crippen LogP contribution in [0.1, 0.15) is 6.92 Å². The molecule has 1 aromatic rings. The summed E-state index contributed by atoms with van der Waals surface area (Å²) >= 11 is 5.72. The van der Waals surface area contributed by atoms with Gasteiger partial charge >= 0.3 is 0 Å². The molecule has 5 nitrogen and oxygen atoms in total. The molecule has 15 heavy (non-hydrogen) atoms. The van der Waals surface area contributed by atoms with Gasteiger partial charge in [-0.25, -0.2) is 4.98 Å². The summed E-state index contributed by atoms with van der Waals surface area (Å²) in [5, 5.41) is 5.70. The van der Waals surface area contributed by atoms with Crippen molar-refractivity contribution in [3.8, 4) is 0 Å². The summed E-state index contributed by atoms with van der Waals surface area (Å²) in [7, 11) is 1.57. The van der Waals surface area contributed by atoms with Crippen molar-refractivity contribution in [2.75, 3.05) is 18.1 Å². The normalized spacial score (nSPS) is 11.9. The highest BCUT2D eigenvalue weighted by Crippen LogP contribution is 2.16. The van der Waals surface area contributed by atoms with Gasteiger partial charge < -0.3 is 16.4 Å². The fourth-order valence-corrected chi connectivity index (χ4v) is 1.31. The Bertz CT molecular complexity index is 349. The number of nitrogens with zero attached hydrogens (tertiary/aromatic N) is 1. The predicted octanol–water partition coefficient (Wildman–Crippen LogP) is 0.864. The zero-order chi connectivity index (χ0) is 11.4. The first-order valence-electron chi connectivity index (χ1n) is 4.44. The van der Waals surface area contributed by atoms with Crippen LogP contribution < -0.4 is 16.4 Å². The summed E-state index contributed by atoms with van der Waals surface area (Å²) in [6, 6.07) is 2.77. The molecular formula is C9H13ClN4O. The predicted molar refractivity (Wildman–Crippen MR) is 60.8 cm³/mol. The lowest BCUT2D eigenvalue weighted by molar-refractivity contribution is -0.121. The van der Waals surface area contributed by atoms with Crippen molar-refractivity contribution in [2.24, 2.45) is 0 Å². The standard InChI is InChI=1S/C9H13ClN4O/c1-5(9(15)12-2)13-8-4-6(11)3-7(10)14-8/h3-5H,1-2H3,(H,12,15)(H3,11,13,14). The van der Waals surface area contributed by atoms with Crippen molar-refractivity contribution in [1.82, 2.24) is 10.3 Å². The molecular weight excluding hydrogens is 216 g/mol. The van der Waals surface area contributed by atoms with Crippen molar-refractivity contribution < 1.29 is 4.79 Å². The van der Waals surface area contributed by atoms with Crippen LogP contribution in [-0.2, 0) is 4.79 Å². The lowest BCUT2D eigenvalue weighted by atomic mass is 10.3. The van der Waals surface area contributed by atoms with Crippen LogP contribution in [0.15, 0.2) is 12.1 Å². The highest BCUT2D eigenvalue weighted by molar-refractivity contribution is 6.29. The SMILES string of the molecule is CNC(=O)C(C)Nc1cc(N)cc(Cl)n1. The molecule has 0 aliphatic carbocycles. The Morgan fingerprint density at radius 2 is 2.27 bits per heavy atom. The number of likely N-dealkylation sites (N-methyl/N-ethyl adjacent to an activating group) is 1. The summed E-state index contributed by atoms with van der Waals surface area (Å²) in [6.45, 7) is 1.72. The van der Waals surface area contributed by atoms with E-state index in [1.54, 1.807) is 20.0 Å². The molecule has 1 heterocycles. The zero-order valence-corrected chi connectivity index (χ0v) is 9.30. The quantitative estimate of drug-likeness (QED) is 0.671. The van der Waals surface area contributed by atoms with Crippen LogP contribution in [0.5, 0.6) is 0 Å². The minimum atomic E-state index is -0.389. The first-order chi connectivity index (χ1) is 7.02. The number of nitrogens with two attached hydrogens (primary N) is 1. The number of halogens is 1. The molecule has 0 saturated carbocycles. The first-order valence-corrected chi connectivity index (χ1v) is 4.82. The van der Waals surface area contributed by atoms with Crippen LogP contribution in [0.3, 0.4) is 0 Å². The molecule has 1 unspecified atom stereocenters. The Morgan fingerprint density at radius 3 is 2.80 bits per heavy atom. The molecule has 0 spiro atoms. The van der Waals surface area contributed by atoms with E-state index in [-0.39, 0.29) is 11.9 Å². The van der Waals surface area contributed by atoms with Crippen LogP contribution in [0, 0.1) is 0 Å². The van der Waals surface area contributed by atoms with Crippen LogP contribution in [-0.4, -0.2) is 24.0 Å². The number of anilines is 2. The van der Waals surface area contributed by atoms with E-state index in [0.29, 0.717) is 16.7 Å². The fourth-order valence-electron chi connectivity index (χ4n) is 1.09. The van der Waals surface area contributed by atoms with Gasteiger partial charge in [0.25, 0.3) is 0 Å². The van der Waals surface area contributed by atoms with E-state index in [1.165, 1.54) is 6.07 Å². The average molecular weight is 229 g/mol. The van der Waals surface area contributed by atoms with Crippen LogP contribution in [0.2, 0.25) is 5.15 Å². The molecule has 4 N–H and O–H groups in total. The molecule has 82 valence electrons. The van der Waals surface area contributed by atoms with Gasteiger partial charge in [0, 0.05) is 18.8 Å². The maximum atomic E-state index is 11.2. The maximum Gasteiger partial charge on any atom is 0.241 e. The largest absolute Gasteiger partial charge is 0.399 e. The molecule has 1 aromatic heterocycles. The Kier molecular flexibility index (Phi) is 3.74. The number of hydrogen-bond acceptors (Lipinski definition) is 4. The van der Waals surface area contributed by atoms with Gasteiger partial charge in [0.2, 0.25) is 5.91 Å². The zero-order valence-electron chi connectivity index (χ0n) is 8.54. The second-order valence-electron chi connectivity index (χ2n) is 3.09. The highest BCUT2D eigenvalue weighted by atomic mass is 35.5. The number of nitrogen functional groups attached to an aromatic ring is 1. The number of amides is 1. The van der Waals surface area contributed by atoms with E-state index in [0.717, 1.165) is 0 Å². The molecule has 0 aliphatic rings. The van der Waals surface area contributed by atoms with Crippen LogP contribution >= 0.6 is 11.6 Å². The Balaban J connectivity index is 2.76. The van der Waals surface area contributed by atoms with Crippen molar-refractivity contribution >= 4 is 29.0 Å². The molecule has 0 bridgehead atoms. The molecule has 0 aliphatic heterocycles. The molecule has 6 heteroatoms. The van der Waals surface area contributed by atoms with Gasteiger partial charge in [-0.3, -0.25) is 4.79 Å². The number of aromatic nitrogens is 1. The van der Waals surface area contributed by atoms with Crippen molar-refractivity contribution in [1.29, 1.82) is 0 Å². The highest BCUT2D eigenvalue weighted by Gasteiger charge is 2.11. The summed E-state index contributed by atoms with van der Waals surface area (Å²) < 4.78 is 0. The van der Waals surface area contributed by atoms with Crippen molar-refractivity contribution in [3.05, 3.63) is 17.3 Å². The molecule has 0 saturated heterocycles. The third-order valence-electron chi connectivity index (χ3n) is 1.82. The Hall–Kier alpha value is -1.49. The van der Waals surface area contributed by atoms with Gasteiger partial charge in [-0.05, 0) is 13.0 Å². The minimum absolute atomic E-state index is 0.129. The first kappa shape index (κ1) is 11.6. The molecule has 1 atom stereocenters. The number of nitrogens with one attached hydrogen (secondary N) is 2. The second-order valence-corrected chi connectivity index (χ2v) is 3.48. The topological polar surface area (TPSA) is 80.0 Å². The summed E-state index contributed by atoms with van der Waals surface area (Å²) in [4.78, 5) is 15.2. The third kappa shape index (κ3) is 3.28. The summed E-state index contributed by atoms with van der Waals surface area (Å²) in [6.07, 6.45) is 0. The Morgan fingerprint density at radius 1 is 1.60 bits per heavy atom. The van der Waals surface area contributed by atoms with E-state index < -0.39 is 0 Å². The van der Waals surface area contributed by atoms with Gasteiger partial charge in [0.1, 0.15) is 17.0 Å². The number of pyridine rings is 1. The fraction of sp³-hybridized carbons (Fsp3) is 0.333. The number of hydrogen-bond donors (Lipinski definition) is 3. The molecule has 0 fully saturated rings. The van der Waals surface area contributed by atoms with E-state index in [4.69, 9.17) is 17.3 Å². The van der Waals surface area contributed by atoms with Gasteiger partial charge in [0.15, 0.2) is 0 Å². The number of carbonyl (C=O) groups is 1. The third-order valence-corrected chi connectivity index (χ3v) is 2.01. The smallest absolute Gasteiger partial charge is 0.241 e.